The van der Waals surface area contributed by atoms with Gasteiger partial charge in [0.1, 0.15) is 5.75 Å². The van der Waals surface area contributed by atoms with Crippen molar-refractivity contribution >= 4 is 23.5 Å². The minimum atomic E-state index is -0.874. The molecule has 116 valence electrons. The quantitative estimate of drug-likeness (QED) is 0.774. The highest BCUT2D eigenvalue weighted by Crippen LogP contribution is 2.17. The third-order valence-corrected chi connectivity index (χ3v) is 3.07. The molecule has 0 fully saturated rings. The van der Waals surface area contributed by atoms with Crippen LogP contribution in [0.4, 0.5) is 0 Å². The number of halogens is 1. The van der Waals surface area contributed by atoms with Crippen LogP contribution < -0.4 is 10.1 Å². The van der Waals surface area contributed by atoms with Crippen LogP contribution in [0.15, 0.2) is 24.3 Å². The van der Waals surface area contributed by atoms with Crippen molar-refractivity contribution in [2.24, 2.45) is 0 Å². The first kappa shape index (κ1) is 17.3. The Morgan fingerprint density at radius 2 is 2.05 bits per heavy atom. The Morgan fingerprint density at radius 1 is 1.33 bits per heavy atom. The first-order valence-electron chi connectivity index (χ1n) is 6.70. The molecule has 0 aliphatic rings. The van der Waals surface area contributed by atoms with Gasteiger partial charge in [0.25, 0.3) is 0 Å². The molecule has 21 heavy (non-hydrogen) atoms. The summed E-state index contributed by atoms with van der Waals surface area (Å²) in [7, 11) is 0. The van der Waals surface area contributed by atoms with Gasteiger partial charge >= 0.3 is 5.97 Å². The molecule has 0 saturated carbocycles. The summed E-state index contributed by atoms with van der Waals surface area (Å²) in [6.07, 6.45) is 0.596. The fourth-order valence-electron chi connectivity index (χ4n) is 1.74. The molecule has 0 unspecified atom stereocenters. The van der Waals surface area contributed by atoms with E-state index in [0.29, 0.717) is 17.2 Å². The first-order chi connectivity index (χ1) is 9.78. The zero-order valence-electron chi connectivity index (χ0n) is 12.2. The van der Waals surface area contributed by atoms with Crippen molar-refractivity contribution < 1.29 is 19.4 Å². The minimum Gasteiger partial charge on any atom is -0.493 e. The van der Waals surface area contributed by atoms with Gasteiger partial charge < -0.3 is 15.2 Å². The van der Waals surface area contributed by atoms with Crippen LogP contribution in [0.5, 0.6) is 5.75 Å². The van der Waals surface area contributed by atoms with E-state index in [2.05, 4.69) is 5.32 Å². The molecule has 2 N–H and O–H groups in total. The summed E-state index contributed by atoms with van der Waals surface area (Å²) in [6.45, 7) is 3.83. The monoisotopic (exact) mass is 313 g/mol. The minimum absolute atomic E-state index is 0.0201. The van der Waals surface area contributed by atoms with E-state index in [1.54, 1.807) is 38.1 Å². The molecule has 5 nitrogen and oxygen atoms in total. The van der Waals surface area contributed by atoms with Crippen LogP contribution in [0.3, 0.4) is 0 Å². The van der Waals surface area contributed by atoms with E-state index >= 15 is 0 Å². The number of carbonyl (C=O) groups is 2. The zero-order chi connectivity index (χ0) is 15.9. The summed E-state index contributed by atoms with van der Waals surface area (Å²) in [5.74, 6) is -0.436. The number of rotatable bonds is 8. The van der Waals surface area contributed by atoms with Gasteiger partial charge in [-0.1, -0.05) is 17.7 Å². The number of carboxylic acid groups (broad SMARTS) is 1. The van der Waals surface area contributed by atoms with Gasteiger partial charge in [0.15, 0.2) is 0 Å². The number of hydrogen-bond donors (Lipinski definition) is 2. The topological polar surface area (TPSA) is 75.6 Å². The second-order valence-corrected chi connectivity index (χ2v) is 5.82. The van der Waals surface area contributed by atoms with Gasteiger partial charge in [-0.25, -0.2) is 0 Å². The Morgan fingerprint density at radius 3 is 2.67 bits per heavy atom. The third kappa shape index (κ3) is 7.56. The lowest BCUT2D eigenvalue weighted by molar-refractivity contribution is -0.137. The summed E-state index contributed by atoms with van der Waals surface area (Å²) in [6, 6.07) is 6.95. The maximum atomic E-state index is 11.8. The molecular formula is C15H20ClNO4. The Balaban J connectivity index is 2.32. The van der Waals surface area contributed by atoms with Gasteiger partial charge in [-0.3, -0.25) is 9.59 Å². The maximum absolute atomic E-state index is 11.8. The molecular weight excluding hydrogens is 294 g/mol. The van der Waals surface area contributed by atoms with Crippen molar-refractivity contribution in [3.05, 3.63) is 29.3 Å². The van der Waals surface area contributed by atoms with Crippen LogP contribution in [0.2, 0.25) is 5.02 Å². The molecule has 0 aliphatic carbocycles. The highest BCUT2D eigenvalue weighted by Gasteiger charge is 2.21. The Bertz CT molecular complexity index is 502. The van der Waals surface area contributed by atoms with Gasteiger partial charge in [-0.05, 0) is 38.5 Å². The Hall–Kier alpha value is -1.75. The smallest absolute Gasteiger partial charge is 0.303 e. The van der Waals surface area contributed by atoms with E-state index in [9.17, 15) is 9.59 Å². The first-order valence-corrected chi connectivity index (χ1v) is 7.07. The summed E-state index contributed by atoms with van der Waals surface area (Å²) >= 11 is 5.83. The molecule has 0 aromatic heterocycles. The average molecular weight is 314 g/mol. The molecule has 0 radical (unpaired) electrons. The van der Waals surface area contributed by atoms with Crippen molar-refractivity contribution in [2.45, 2.75) is 38.6 Å². The second kappa shape index (κ2) is 7.88. The number of nitrogens with one attached hydrogen (secondary N) is 1. The summed E-state index contributed by atoms with van der Waals surface area (Å²) < 4.78 is 5.43. The summed E-state index contributed by atoms with van der Waals surface area (Å²) in [5.41, 5.74) is -0.550. The van der Waals surface area contributed by atoms with E-state index in [-0.39, 0.29) is 25.4 Å². The van der Waals surface area contributed by atoms with Gasteiger partial charge in [0.05, 0.1) is 13.0 Å². The molecule has 0 atom stereocenters. The number of amides is 1. The average Bonchev–Trinajstić information content (AvgIpc) is 2.36. The van der Waals surface area contributed by atoms with E-state index in [1.165, 1.54) is 0 Å². The third-order valence-electron chi connectivity index (χ3n) is 2.84. The molecule has 0 bridgehead atoms. The largest absolute Gasteiger partial charge is 0.493 e. The molecule has 1 rings (SSSR count). The van der Waals surface area contributed by atoms with Crippen molar-refractivity contribution in [3.8, 4) is 5.75 Å². The van der Waals surface area contributed by atoms with Crippen LogP contribution in [-0.2, 0) is 9.59 Å². The standard InChI is InChI=1S/C15H20ClNO4/c1-15(2,8-6-14(19)20)17-13(18)7-9-21-12-5-3-4-11(16)10-12/h3-5,10H,6-9H2,1-2H3,(H,17,18)(H,19,20). The number of carbonyl (C=O) groups excluding carboxylic acids is 1. The van der Waals surface area contributed by atoms with Crippen LogP contribution in [-0.4, -0.2) is 29.1 Å². The number of benzene rings is 1. The predicted molar refractivity (Wildman–Crippen MR) is 80.7 cm³/mol. The van der Waals surface area contributed by atoms with E-state index in [4.69, 9.17) is 21.4 Å². The molecule has 1 amide bonds. The molecule has 0 saturated heterocycles. The van der Waals surface area contributed by atoms with Crippen molar-refractivity contribution in [1.29, 1.82) is 0 Å². The van der Waals surface area contributed by atoms with Crippen molar-refractivity contribution in [2.75, 3.05) is 6.61 Å². The lowest BCUT2D eigenvalue weighted by atomic mass is 9.98. The Kier molecular flexibility index (Phi) is 6.49. The lowest BCUT2D eigenvalue weighted by Crippen LogP contribution is -2.44. The fourth-order valence-corrected chi connectivity index (χ4v) is 1.92. The Labute approximate surface area is 129 Å². The van der Waals surface area contributed by atoms with Crippen LogP contribution in [0.25, 0.3) is 0 Å². The van der Waals surface area contributed by atoms with Gasteiger partial charge in [-0.15, -0.1) is 0 Å². The van der Waals surface area contributed by atoms with Crippen molar-refractivity contribution in [1.82, 2.24) is 5.32 Å². The SMILES string of the molecule is CC(C)(CCC(=O)O)NC(=O)CCOc1cccc(Cl)c1. The molecule has 1 aromatic carbocycles. The van der Waals surface area contributed by atoms with Crippen LogP contribution in [0.1, 0.15) is 33.1 Å². The van der Waals surface area contributed by atoms with E-state index in [0.717, 1.165) is 0 Å². The number of aliphatic carboxylic acids is 1. The predicted octanol–water partition coefficient (Wildman–Crippen LogP) is 2.87. The van der Waals surface area contributed by atoms with Gasteiger partial charge in [0.2, 0.25) is 5.91 Å². The van der Waals surface area contributed by atoms with Crippen LogP contribution in [0, 0.1) is 0 Å². The van der Waals surface area contributed by atoms with E-state index in [1.807, 2.05) is 0 Å². The number of hydrogen-bond acceptors (Lipinski definition) is 3. The molecule has 6 heteroatoms. The van der Waals surface area contributed by atoms with E-state index < -0.39 is 11.5 Å². The summed E-state index contributed by atoms with van der Waals surface area (Å²) in [4.78, 5) is 22.3. The normalized spacial score (nSPS) is 11.0. The van der Waals surface area contributed by atoms with Crippen molar-refractivity contribution in [3.63, 3.8) is 0 Å². The second-order valence-electron chi connectivity index (χ2n) is 5.38. The molecule has 1 aromatic rings. The molecule has 0 heterocycles. The fraction of sp³-hybridized carbons (Fsp3) is 0.467. The number of carboxylic acids is 1. The lowest BCUT2D eigenvalue weighted by Gasteiger charge is -2.25. The van der Waals surface area contributed by atoms with Gasteiger partial charge in [-0.2, -0.15) is 0 Å². The number of ether oxygens (including phenoxy) is 1. The highest BCUT2D eigenvalue weighted by atomic mass is 35.5. The van der Waals surface area contributed by atoms with Crippen LogP contribution >= 0.6 is 11.6 Å². The highest BCUT2D eigenvalue weighted by molar-refractivity contribution is 6.30. The van der Waals surface area contributed by atoms with Gasteiger partial charge in [0, 0.05) is 17.0 Å². The molecule has 0 aliphatic heterocycles. The maximum Gasteiger partial charge on any atom is 0.303 e. The summed E-state index contributed by atoms with van der Waals surface area (Å²) in [5, 5.41) is 12.0. The molecule has 0 spiro atoms. The zero-order valence-corrected chi connectivity index (χ0v) is 12.9.